The number of thiocarbonyl (C=S) groups is 1. The molecule has 1 aromatic carbocycles. The smallest absolute Gasteiger partial charge is 0.266 e. The second kappa shape index (κ2) is 6.87. The van der Waals surface area contributed by atoms with Crippen LogP contribution in [-0.4, -0.2) is 52.6 Å². The maximum absolute atomic E-state index is 12.3. The zero-order valence-corrected chi connectivity index (χ0v) is 14.4. The molecule has 2 N–H and O–H groups in total. The van der Waals surface area contributed by atoms with E-state index in [-0.39, 0.29) is 22.4 Å². The third-order valence-corrected chi connectivity index (χ3v) is 5.02. The van der Waals surface area contributed by atoms with E-state index in [4.69, 9.17) is 21.5 Å². The van der Waals surface area contributed by atoms with Crippen molar-refractivity contribution in [3.8, 4) is 11.5 Å². The van der Waals surface area contributed by atoms with Gasteiger partial charge in [0.2, 0.25) is 0 Å². The maximum Gasteiger partial charge on any atom is 0.266 e. The molecule has 1 saturated heterocycles. The molecule has 0 atom stereocenters. The van der Waals surface area contributed by atoms with Crippen LogP contribution in [0.1, 0.15) is 5.56 Å². The second-order valence-corrected chi connectivity index (χ2v) is 7.80. The Kier molecular flexibility index (Phi) is 5.30. The van der Waals surface area contributed by atoms with Crippen LogP contribution < -0.4 is 4.74 Å². The van der Waals surface area contributed by atoms with Crippen LogP contribution >= 0.6 is 24.0 Å². The molecule has 0 radical (unpaired) electrons. The van der Waals surface area contributed by atoms with Crippen molar-refractivity contribution >= 4 is 50.4 Å². The predicted octanol–water partition coefficient (Wildman–Crippen LogP) is 1.49. The van der Waals surface area contributed by atoms with Crippen LogP contribution in [0.3, 0.4) is 0 Å². The Morgan fingerprint density at radius 2 is 2.13 bits per heavy atom. The Hall–Kier alpha value is -1.62. The van der Waals surface area contributed by atoms with Crippen molar-refractivity contribution in [2.45, 2.75) is 0 Å². The van der Waals surface area contributed by atoms with Gasteiger partial charge in [-0.2, -0.15) is 8.42 Å². The van der Waals surface area contributed by atoms with Crippen molar-refractivity contribution in [1.29, 1.82) is 0 Å². The molecule has 1 aliphatic heterocycles. The molecule has 0 aliphatic carbocycles. The van der Waals surface area contributed by atoms with Gasteiger partial charge in [-0.15, -0.1) is 0 Å². The summed E-state index contributed by atoms with van der Waals surface area (Å²) in [5.74, 6) is -0.776. The van der Waals surface area contributed by atoms with Crippen LogP contribution in [0.4, 0.5) is 0 Å². The summed E-state index contributed by atoms with van der Waals surface area (Å²) in [4.78, 5) is 13.7. The molecule has 2 rings (SSSR count). The van der Waals surface area contributed by atoms with Crippen LogP contribution in [0.25, 0.3) is 6.08 Å². The van der Waals surface area contributed by atoms with Crippen molar-refractivity contribution in [2.75, 3.05) is 19.4 Å². The fourth-order valence-corrected chi connectivity index (χ4v) is 3.56. The van der Waals surface area contributed by atoms with Gasteiger partial charge in [0, 0.05) is 6.54 Å². The van der Waals surface area contributed by atoms with Crippen molar-refractivity contribution in [3.05, 3.63) is 28.7 Å². The highest BCUT2D eigenvalue weighted by molar-refractivity contribution is 8.26. The highest BCUT2D eigenvalue weighted by Crippen LogP contribution is 2.34. The van der Waals surface area contributed by atoms with Gasteiger partial charge in [0.05, 0.1) is 17.8 Å². The van der Waals surface area contributed by atoms with Gasteiger partial charge in [0.15, 0.2) is 11.5 Å². The molecule has 23 heavy (non-hydrogen) atoms. The third kappa shape index (κ3) is 4.44. The van der Waals surface area contributed by atoms with Crippen LogP contribution in [-0.2, 0) is 14.9 Å². The van der Waals surface area contributed by atoms with E-state index in [0.717, 1.165) is 16.7 Å². The Balaban J connectivity index is 2.21. The number of carbonyl (C=O) groups is 1. The molecule has 1 amide bonds. The number of phenolic OH excluding ortho intramolecular Hbond substituents is 1. The molecule has 1 heterocycles. The zero-order chi connectivity index (χ0) is 17.2. The Morgan fingerprint density at radius 3 is 2.74 bits per heavy atom. The van der Waals surface area contributed by atoms with E-state index in [1.807, 2.05) is 0 Å². The van der Waals surface area contributed by atoms with Gasteiger partial charge < -0.3 is 9.84 Å². The number of carbonyl (C=O) groups excluding carboxylic acids is 1. The monoisotopic (exact) mass is 375 g/mol. The van der Waals surface area contributed by atoms with E-state index in [1.165, 1.54) is 13.2 Å². The fraction of sp³-hybridized carbons (Fsp3) is 0.231. The summed E-state index contributed by atoms with van der Waals surface area (Å²) < 4.78 is 35.6. The number of aromatic hydroxyl groups is 1. The summed E-state index contributed by atoms with van der Waals surface area (Å²) in [5.41, 5.74) is 0.620. The van der Waals surface area contributed by atoms with E-state index in [2.05, 4.69) is 0 Å². The average molecular weight is 375 g/mol. The minimum absolute atomic E-state index is 0.0228. The first-order valence-electron chi connectivity index (χ1n) is 6.29. The molecule has 7 nitrogen and oxygen atoms in total. The fourth-order valence-electron chi connectivity index (χ4n) is 1.83. The summed E-state index contributed by atoms with van der Waals surface area (Å²) in [5, 5.41) is 9.55. The van der Waals surface area contributed by atoms with Crippen molar-refractivity contribution in [3.63, 3.8) is 0 Å². The zero-order valence-electron chi connectivity index (χ0n) is 11.9. The number of benzene rings is 1. The topological polar surface area (TPSA) is 104 Å². The average Bonchev–Trinajstić information content (AvgIpc) is 2.72. The molecule has 124 valence electrons. The highest BCUT2D eigenvalue weighted by atomic mass is 32.2. The van der Waals surface area contributed by atoms with Gasteiger partial charge in [0.25, 0.3) is 16.0 Å². The lowest BCUT2D eigenvalue weighted by Gasteiger charge is -2.12. The number of ether oxygens (including phenoxy) is 1. The van der Waals surface area contributed by atoms with Gasteiger partial charge in [-0.1, -0.05) is 30.0 Å². The summed E-state index contributed by atoms with van der Waals surface area (Å²) in [6, 6.07) is 4.59. The normalized spacial score (nSPS) is 17.1. The van der Waals surface area contributed by atoms with E-state index in [0.29, 0.717) is 10.5 Å². The lowest BCUT2D eigenvalue weighted by atomic mass is 10.2. The van der Waals surface area contributed by atoms with Gasteiger partial charge in [0.1, 0.15) is 4.32 Å². The third-order valence-electron chi connectivity index (χ3n) is 2.95. The largest absolute Gasteiger partial charge is 0.504 e. The molecule has 1 fully saturated rings. The second-order valence-electron chi connectivity index (χ2n) is 4.55. The summed E-state index contributed by atoms with van der Waals surface area (Å²) in [6.45, 7) is -0.209. The van der Waals surface area contributed by atoms with Gasteiger partial charge >= 0.3 is 0 Å². The number of rotatable bonds is 5. The first-order valence-corrected chi connectivity index (χ1v) is 9.12. The minimum Gasteiger partial charge on any atom is -0.504 e. The Labute approximate surface area is 142 Å². The molecule has 0 bridgehead atoms. The van der Waals surface area contributed by atoms with Crippen LogP contribution in [0.15, 0.2) is 23.1 Å². The molecule has 0 aromatic heterocycles. The number of hydrogen-bond donors (Lipinski definition) is 2. The minimum atomic E-state index is -4.18. The van der Waals surface area contributed by atoms with Crippen molar-refractivity contribution in [1.82, 2.24) is 4.90 Å². The van der Waals surface area contributed by atoms with Crippen LogP contribution in [0, 0.1) is 0 Å². The molecule has 0 saturated carbocycles. The van der Waals surface area contributed by atoms with Crippen molar-refractivity contribution in [2.24, 2.45) is 0 Å². The molecule has 10 heteroatoms. The van der Waals surface area contributed by atoms with Crippen LogP contribution in [0.5, 0.6) is 11.5 Å². The van der Waals surface area contributed by atoms with E-state index >= 15 is 0 Å². The quantitative estimate of drug-likeness (QED) is 0.453. The first kappa shape index (κ1) is 17.7. The molecule has 0 spiro atoms. The summed E-state index contributed by atoms with van der Waals surface area (Å²) in [6.07, 6.45) is 1.56. The molecule has 1 aliphatic rings. The number of nitrogens with zero attached hydrogens (tertiary/aromatic N) is 1. The van der Waals surface area contributed by atoms with E-state index < -0.39 is 21.8 Å². The number of thioether (sulfide) groups is 1. The van der Waals surface area contributed by atoms with Crippen molar-refractivity contribution < 1.29 is 27.6 Å². The number of phenols is 1. The molecule has 1 aromatic rings. The molecule has 0 unspecified atom stereocenters. The lowest BCUT2D eigenvalue weighted by Crippen LogP contribution is -2.32. The Morgan fingerprint density at radius 1 is 1.43 bits per heavy atom. The predicted molar refractivity (Wildman–Crippen MR) is 91.0 cm³/mol. The van der Waals surface area contributed by atoms with Gasteiger partial charge in [-0.3, -0.25) is 14.2 Å². The van der Waals surface area contributed by atoms with Gasteiger partial charge in [-0.25, -0.2) is 0 Å². The molecular formula is C13H13NO6S3. The Bertz CT molecular complexity index is 787. The van der Waals surface area contributed by atoms with E-state index in [9.17, 15) is 18.3 Å². The van der Waals surface area contributed by atoms with Crippen LogP contribution in [0.2, 0.25) is 0 Å². The lowest BCUT2D eigenvalue weighted by molar-refractivity contribution is -0.121. The number of amides is 1. The SMILES string of the molecule is COc1cc(/C=C2/SC(=S)N(CCS(=O)(=O)O)C2=O)ccc1O. The maximum atomic E-state index is 12.3. The number of hydrogen-bond acceptors (Lipinski definition) is 7. The highest BCUT2D eigenvalue weighted by Gasteiger charge is 2.32. The van der Waals surface area contributed by atoms with Gasteiger partial charge in [-0.05, 0) is 23.8 Å². The standard InChI is InChI=1S/C13H13NO6S3/c1-20-10-6-8(2-3-9(10)15)7-11-12(16)14(13(21)22-11)4-5-23(17,18)19/h2-3,6-7,15H,4-5H2,1H3,(H,17,18,19)/b11-7+. The first-order chi connectivity index (χ1) is 10.7. The summed E-state index contributed by atoms with van der Waals surface area (Å²) >= 11 is 6.09. The van der Waals surface area contributed by atoms with E-state index in [1.54, 1.807) is 18.2 Å². The number of methoxy groups -OCH3 is 1. The molecular weight excluding hydrogens is 362 g/mol. The summed E-state index contributed by atoms with van der Waals surface area (Å²) in [7, 11) is -2.76.